The van der Waals surface area contributed by atoms with Gasteiger partial charge >= 0.3 is 6.18 Å². The highest BCUT2D eigenvalue weighted by molar-refractivity contribution is 7.13. The molecule has 0 bridgehead atoms. The zero-order chi connectivity index (χ0) is 14.2. The number of halogens is 3. The maximum absolute atomic E-state index is 12.9. The number of rotatable bonds is 2. The van der Waals surface area contributed by atoms with Gasteiger partial charge in [-0.15, -0.1) is 11.3 Å². The van der Waals surface area contributed by atoms with Crippen LogP contribution in [0.5, 0.6) is 0 Å². The molecule has 0 aliphatic carbocycles. The van der Waals surface area contributed by atoms with Crippen LogP contribution in [-0.2, 0) is 6.18 Å². The van der Waals surface area contributed by atoms with Crippen molar-refractivity contribution < 1.29 is 18.0 Å². The average Bonchev–Trinajstić information content (AvgIpc) is 2.76. The standard InChI is InChI=1S/C11H8F3N3OS/c1-5-16-3-7(11(12,13)14)9(17-5)8-2-6(4-19-8)10(15)18/h2-4H,1H3,(H2,15,18). The largest absolute Gasteiger partial charge is 0.420 e. The summed E-state index contributed by atoms with van der Waals surface area (Å²) >= 11 is 0.979. The number of hydrogen-bond donors (Lipinski definition) is 1. The van der Waals surface area contributed by atoms with E-state index in [2.05, 4.69) is 9.97 Å². The highest BCUT2D eigenvalue weighted by atomic mass is 32.1. The van der Waals surface area contributed by atoms with Crippen molar-refractivity contribution in [2.45, 2.75) is 13.1 Å². The third-order valence-electron chi connectivity index (χ3n) is 2.33. The molecule has 0 radical (unpaired) electrons. The van der Waals surface area contributed by atoms with Crippen molar-refractivity contribution in [2.75, 3.05) is 0 Å². The minimum Gasteiger partial charge on any atom is -0.366 e. The second-order valence-electron chi connectivity index (χ2n) is 3.74. The molecule has 2 aromatic rings. The lowest BCUT2D eigenvalue weighted by Gasteiger charge is -2.10. The molecule has 1 amide bonds. The number of nitrogens with zero attached hydrogens (tertiary/aromatic N) is 2. The lowest BCUT2D eigenvalue weighted by atomic mass is 10.1. The monoisotopic (exact) mass is 287 g/mol. The van der Waals surface area contributed by atoms with Gasteiger partial charge in [-0.1, -0.05) is 0 Å². The third-order valence-corrected chi connectivity index (χ3v) is 3.27. The SMILES string of the molecule is Cc1ncc(C(F)(F)F)c(-c2cc(C(N)=O)cs2)n1. The van der Waals surface area contributed by atoms with E-state index in [-0.39, 0.29) is 22.0 Å². The second-order valence-corrected chi connectivity index (χ2v) is 4.65. The number of carbonyl (C=O) groups excluding carboxylic acids is 1. The molecule has 4 nitrogen and oxygen atoms in total. The predicted octanol–water partition coefficient (Wildman–Crippen LogP) is 2.63. The summed E-state index contributed by atoms with van der Waals surface area (Å²) in [6, 6.07) is 1.30. The first-order chi connectivity index (χ1) is 8.79. The molecule has 2 N–H and O–H groups in total. The van der Waals surface area contributed by atoms with Crippen molar-refractivity contribution in [3.63, 3.8) is 0 Å². The molecule has 2 aromatic heterocycles. The Morgan fingerprint density at radius 1 is 1.42 bits per heavy atom. The third kappa shape index (κ3) is 2.73. The molecule has 0 saturated carbocycles. The van der Waals surface area contributed by atoms with Crippen LogP contribution in [-0.4, -0.2) is 15.9 Å². The van der Waals surface area contributed by atoms with E-state index in [4.69, 9.17) is 5.73 Å². The zero-order valence-corrected chi connectivity index (χ0v) is 10.5. The normalized spacial score (nSPS) is 11.6. The molecule has 0 aliphatic heterocycles. The summed E-state index contributed by atoms with van der Waals surface area (Å²) in [6.45, 7) is 1.49. The zero-order valence-electron chi connectivity index (χ0n) is 9.65. The van der Waals surface area contributed by atoms with Crippen molar-refractivity contribution in [3.8, 4) is 10.6 Å². The fourth-order valence-electron chi connectivity index (χ4n) is 1.45. The Morgan fingerprint density at radius 2 is 2.11 bits per heavy atom. The molecule has 0 fully saturated rings. The predicted molar refractivity (Wildman–Crippen MR) is 63.6 cm³/mol. The fourth-order valence-corrected chi connectivity index (χ4v) is 2.36. The number of carbonyl (C=O) groups is 1. The minimum absolute atomic E-state index is 0.157. The van der Waals surface area contributed by atoms with E-state index in [9.17, 15) is 18.0 Å². The Bertz CT molecular complexity index is 636. The summed E-state index contributed by atoms with van der Waals surface area (Å²) in [5, 5.41) is 1.40. The summed E-state index contributed by atoms with van der Waals surface area (Å²) in [7, 11) is 0. The van der Waals surface area contributed by atoms with Gasteiger partial charge in [0.15, 0.2) is 0 Å². The van der Waals surface area contributed by atoms with Crippen molar-refractivity contribution in [1.29, 1.82) is 0 Å². The molecule has 0 unspecified atom stereocenters. The Balaban J connectivity index is 2.59. The van der Waals surface area contributed by atoms with Crippen molar-refractivity contribution >= 4 is 17.2 Å². The van der Waals surface area contributed by atoms with Crippen LogP contribution < -0.4 is 5.73 Å². The first-order valence-corrected chi connectivity index (χ1v) is 5.96. The maximum atomic E-state index is 12.9. The van der Waals surface area contributed by atoms with Gasteiger partial charge in [0.1, 0.15) is 11.4 Å². The first-order valence-electron chi connectivity index (χ1n) is 5.08. The highest BCUT2D eigenvalue weighted by Crippen LogP contribution is 2.37. The summed E-state index contributed by atoms with van der Waals surface area (Å²) in [4.78, 5) is 18.6. The number of aryl methyl sites for hydroxylation is 1. The summed E-state index contributed by atoms with van der Waals surface area (Å²) < 4.78 is 38.6. The smallest absolute Gasteiger partial charge is 0.366 e. The fraction of sp³-hybridized carbons (Fsp3) is 0.182. The van der Waals surface area contributed by atoms with Crippen LogP contribution in [0.1, 0.15) is 21.7 Å². The lowest BCUT2D eigenvalue weighted by molar-refractivity contribution is -0.137. The van der Waals surface area contributed by atoms with E-state index < -0.39 is 17.6 Å². The van der Waals surface area contributed by atoms with Crippen LogP contribution in [0.3, 0.4) is 0 Å². The highest BCUT2D eigenvalue weighted by Gasteiger charge is 2.35. The van der Waals surface area contributed by atoms with Gasteiger partial charge in [0.25, 0.3) is 0 Å². The molecule has 0 aliphatic rings. The minimum atomic E-state index is -4.56. The van der Waals surface area contributed by atoms with Crippen LogP contribution in [0.25, 0.3) is 10.6 Å². The van der Waals surface area contributed by atoms with Gasteiger partial charge in [0.05, 0.1) is 16.1 Å². The topological polar surface area (TPSA) is 68.9 Å². The quantitative estimate of drug-likeness (QED) is 0.923. The van der Waals surface area contributed by atoms with Crippen molar-refractivity contribution in [1.82, 2.24) is 9.97 Å². The van der Waals surface area contributed by atoms with Gasteiger partial charge in [-0.25, -0.2) is 9.97 Å². The average molecular weight is 287 g/mol. The van der Waals surface area contributed by atoms with Crippen LogP contribution in [0.4, 0.5) is 13.2 Å². The van der Waals surface area contributed by atoms with Gasteiger partial charge in [0, 0.05) is 11.6 Å². The second kappa shape index (κ2) is 4.61. The lowest BCUT2D eigenvalue weighted by Crippen LogP contribution is -2.10. The van der Waals surface area contributed by atoms with E-state index in [1.165, 1.54) is 18.4 Å². The number of amides is 1. The number of thiophene rings is 1. The molecule has 0 aromatic carbocycles. The van der Waals surface area contributed by atoms with Crippen LogP contribution >= 0.6 is 11.3 Å². The Morgan fingerprint density at radius 3 is 2.63 bits per heavy atom. The number of alkyl halides is 3. The maximum Gasteiger partial charge on any atom is 0.420 e. The first kappa shape index (κ1) is 13.5. The molecule has 0 atom stereocenters. The molecule has 19 heavy (non-hydrogen) atoms. The van der Waals surface area contributed by atoms with Crippen molar-refractivity contribution in [3.05, 3.63) is 34.6 Å². The van der Waals surface area contributed by atoms with Gasteiger partial charge in [-0.3, -0.25) is 4.79 Å². The molecule has 8 heteroatoms. The Kier molecular flexibility index (Phi) is 3.27. The molecular weight excluding hydrogens is 279 g/mol. The van der Waals surface area contributed by atoms with E-state index >= 15 is 0 Å². The van der Waals surface area contributed by atoms with E-state index in [1.807, 2.05) is 0 Å². The summed E-state index contributed by atoms with van der Waals surface area (Å²) in [5.74, 6) is -0.473. The number of primary amides is 1. The van der Waals surface area contributed by atoms with Crippen LogP contribution in [0.2, 0.25) is 0 Å². The molecular formula is C11H8F3N3OS. The molecule has 2 rings (SSSR count). The van der Waals surface area contributed by atoms with Crippen LogP contribution in [0, 0.1) is 6.92 Å². The van der Waals surface area contributed by atoms with Gasteiger partial charge in [0.2, 0.25) is 5.91 Å². The van der Waals surface area contributed by atoms with E-state index in [0.29, 0.717) is 0 Å². The number of nitrogens with two attached hydrogens (primary N) is 1. The Hall–Kier alpha value is -1.96. The van der Waals surface area contributed by atoms with Gasteiger partial charge in [-0.2, -0.15) is 13.2 Å². The molecule has 2 heterocycles. The number of aromatic nitrogens is 2. The van der Waals surface area contributed by atoms with Gasteiger partial charge < -0.3 is 5.73 Å². The molecule has 0 spiro atoms. The molecule has 100 valence electrons. The Labute approximate surface area is 110 Å². The van der Waals surface area contributed by atoms with E-state index in [0.717, 1.165) is 17.5 Å². The van der Waals surface area contributed by atoms with Crippen LogP contribution in [0.15, 0.2) is 17.6 Å². The van der Waals surface area contributed by atoms with Gasteiger partial charge in [-0.05, 0) is 13.0 Å². The van der Waals surface area contributed by atoms with E-state index in [1.54, 1.807) is 0 Å². The molecule has 0 saturated heterocycles. The summed E-state index contributed by atoms with van der Waals surface area (Å²) in [6.07, 6.45) is -3.82. The number of hydrogen-bond acceptors (Lipinski definition) is 4. The summed E-state index contributed by atoms with van der Waals surface area (Å²) in [5.41, 5.74) is 4.06. The van der Waals surface area contributed by atoms with Crippen molar-refractivity contribution in [2.24, 2.45) is 5.73 Å².